The molecule has 0 unspecified atom stereocenters. The van der Waals surface area contributed by atoms with E-state index in [1.54, 1.807) is 36.7 Å². The van der Waals surface area contributed by atoms with Crippen LogP contribution >= 0.6 is 0 Å². The van der Waals surface area contributed by atoms with Crippen LogP contribution in [0.5, 0.6) is 0 Å². The second-order valence-electron chi connectivity index (χ2n) is 5.14. The monoisotopic (exact) mass is 330 g/mol. The van der Waals surface area contributed by atoms with Crippen molar-refractivity contribution in [3.8, 4) is 6.07 Å². The predicted octanol–water partition coefficient (Wildman–Crippen LogP) is 2.42. The van der Waals surface area contributed by atoms with E-state index in [0.29, 0.717) is 17.9 Å². The number of anilines is 2. The topological polar surface area (TPSA) is 104 Å². The lowest BCUT2D eigenvalue weighted by Gasteiger charge is -2.07. The zero-order valence-corrected chi connectivity index (χ0v) is 13.2. The quantitative estimate of drug-likeness (QED) is 0.744. The number of rotatable bonds is 5. The third-order valence-corrected chi connectivity index (χ3v) is 3.37. The molecule has 0 saturated carbocycles. The van der Waals surface area contributed by atoms with E-state index >= 15 is 0 Å². The molecule has 0 bridgehead atoms. The van der Waals surface area contributed by atoms with Crippen molar-refractivity contribution in [2.45, 2.75) is 6.54 Å². The van der Waals surface area contributed by atoms with Gasteiger partial charge in [-0.2, -0.15) is 5.26 Å². The van der Waals surface area contributed by atoms with E-state index in [9.17, 15) is 4.79 Å². The highest BCUT2D eigenvalue weighted by Crippen LogP contribution is 2.14. The van der Waals surface area contributed by atoms with Crippen molar-refractivity contribution < 1.29 is 4.79 Å². The van der Waals surface area contributed by atoms with Crippen molar-refractivity contribution in [2.75, 3.05) is 5.32 Å². The van der Waals surface area contributed by atoms with Gasteiger partial charge in [0, 0.05) is 24.6 Å². The van der Waals surface area contributed by atoms with Gasteiger partial charge in [-0.15, -0.1) is 0 Å². The average molecular weight is 330 g/mol. The third-order valence-electron chi connectivity index (χ3n) is 3.37. The fraction of sp³-hybridized carbons (Fsp3) is 0.0556. The number of nitrogens with zero attached hydrogens (tertiary/aromatic N) is 4. The van der Waals surface area contributed by atoms with Crippen molar-refractivity contribution in [1.29, 1.82) is 5.26 Å². The van der Waals surface area contributed by atoms with Gasteiger partial charge in [0.05, 0.1) is 24.0 Å². The smallest absolute Gasteiger partial charge is 0.271 e. The van der Waals surface area contributed by atoms with Crippen molar-refractivity contribution in [3.05, 3.63) is 78.0 Å². The van der Waals surface area contributed by atoms with E-state index in [1.165, 1.54) is 12.4 Å². The summed E-state index contributed by atoms with van der Waals surface area (Å²) >= 11 is 0. The zero-order valence-electron chi connectivity index (χ0n) is 13.2. The van der Waals surface area contributed by atoms with E-state index in [2.05, 4.69) is 31.7 Å². The molecule has 25 heavy (non-hydrogen) atoms. The number of carbonyl (C=O) groups is 1. The first-order valence-electron chi connectivity index (χ1n) is 7.51. The predicted molar refractivity (Wildman–Crippen MR) is 91.9 cm³/mol. The van der Waals surface area contributed by atoms with Crippen molar-refractivity contribution in [3.63, 3.8) is 0 Å². The molecular weight excluding hydrogens is 316 g/mol. The molecule has 2 heterocycles. The maximum Gasteiger partial charge on any atom is 0.271 e. The highest BCUT2D eigenvalue weighted by atomic mass is 16.1. The summed E-state index contributed by atoms with van der Waals surface area (Å²) in [6, 6.07) is 12.7. The SMILES string of the molecule is N#Cc1ccc(Nc2cnc(C(=O)NCc3ccncc3)cn2)cc1. The standard InChI is InChI=1S/C18H14N6O/c19-9-13-1-3-15(4-2-13)24-17-12-21-16(11-22-17)18(25)23-10-14-5-7-20-8-6-14/h1-8,11-12H,10H2,(H,22,24)(H,23,25). The number of nitriles is 1. The number of amides is 1. The number of hydrogen-bond donors (Lipinski definition) is 2. The molecule has 3 aromatic rings. The average Bonchev–Trinajstić information content (AvgIpc) is 2.68. The molecule has 2 aromatic heterocycles. The lowest BCUT2D eigenvalue weighted by Crippen LogP contribution is -2.24. The summed E-state index contributed by atoms with van der Waals surface area (Å²) in [7, 11) is 0. The fourth-order valence-electron chi connectivity index (χ4n) is 2.06. The molecule has 0 atom stereocenters. The first-order valence-corrected chi connectivity index (χ1v) is 7.51. The molecule has 0 aliphatic heterocycles. The normalized spacial score (nSPS) is 9.88. The number of hydrogen-bond acceptors (Lipinski definition) is 6. The molecule has 122 valence electrons. The summed E-state index contributed by atoms with van der Waals surface area (Å²) in [6.45, 7) is 0.397. The Kier molecular flexibility index (Phi) is 4.93. The third kappa shape index (κ3) is 4.36. The van der Waals surface area contributed by atoms with Gasteiger partial charge in [-0.25, -0.2) is 9.97 Å². The Hall–Kier alpha value is -3.79. The number of carbonyl (C=O) groups excluding carboxylic acids is 1. The van der Waals surface area contributed by atoms with Gasteiger partial charge in [-0.1, -0.05) is 0 Å². The molecule has 7 nitrogen and oxygen atoms in total. The van der Waals surface area contributed by atoms with E-state index in [4.69, 9.17) is 5.26 Å². The Morgan fingerprint density at radius 3 is 2.44 bits per heavy atom. The van der Waals surface area contributed by atoms with Crippen LogP contribution in [-0.2, 0) is 6.54 Å². The molecule has 3 rings (SSSR count). The van der Waals surface area contributed by atoms with Crippen LogP contribution in [0, 0.1) is 11.3 Å². The summed E-state index contributed by atoms with van der Waals surface area (Å²) in [6.07, 6.45) is 6.24. The number of aromatic nitrogens is 3. The Balaban J connectivity index is 1.59. The fourth-order valence-corrected chi connectivity index (χ4v) is 2.06. The summed E-state index contributed by atoms with van der Waals surface area (Å²) in [4.78, 5) is 24.3. The first-order chi connectivity index (χ1) is 12.2. The molecule has 0 aliphatic carbocycles. The molecular formula is C18H14N6O. The van der Waals surface area contributed by atoms with Crippen LogP contribution < -0.4 is 10.6 Å². The summed E-state index contributed by atoms with van der Waals surface area (Å²) in [5, 5.41) is 14.6. The van der Waals surface area contributed by atoms with E-state index in [0.717, 1.165) is 11.3 Å². The largest absolute Gasteiger partial charge is 0.347 e. The Bertz CT molecular complexity index is 886. The summed E-state index contributed by atoms with van der Waals surface area (Å²) < 4.78 is 0. The van der Waals surface area contributed by atoms with Crippen molar-refractivity contribution in [2.24, 2.45) is 0 Å². The maximum absolute atomic E-state index is 12.1. The second kappa shape index (κ2) is 7.66. The van der Waals surface area contributed by atoms with Crippen LogP contribution in [-0.4, -0.2) is 20.9 Å². The highest BCUT2D eigenvalue weighted by Gasteiger charge is 2.08. The van der Waals surface area contributed by atoms with Crippen LogP contribution in [0.2, 0.25) is 0 Å². The van der Waals surface area contributed by atoms with Crippen molar-refractivity contribution in [1.82, 2.24) is 20.3 Å². The molecule has 1 amide bonds. The molecule has 2 N–H and O–H groups in total. The van der Waals surface area contributed by atoms with Gasteiger partial charge < -0.3 is 10.6 Å². The van der Waals surface area contributed by atoms with Gasteiger partial charge in [0.2, 0.25) is 0 Å². The lowest BCUT2D eigenvalue weighted by molar-refractivity contribution is 0.0945. The minimum atomic E-state index is -0.297. The summed E-state index contributed by atoms with van der Waals surface area (Å²) in [5.41, 5.74) is 2.55. The Morgan fingerprint density at radius 1 is 1.04 bits per heavy atom. The van der Waals surface area contributed by atoms with Crippen LogP contribution in [0.1, 0.15) is 21.6 Å². The Morgan fingerprint density at radius 2 is 1.80 bits per heavy atom. The first kappa shape index (κ1) is 16.1. The second-order valence-corrected chi connectivity index (χ2v) is 5.14. The number of benzene rings is 1. The number of nitrogens with one attached hydrogen (secondary N) is 2. The highest BCUT2D eigenvalue weighted by molar-refractivity contribution is 5.92. The van der Waals surface area contributed by atoms with Crippen LogP contribution in [0.25, 0.3) is 0 Å². The van der Waals surface area contributed by atoms with Gasteiger partial charge >= 0.3 is 0 Å². The van der Waals surface area contributed by atoms with Gasteiger partial charge in [-0.05, 0) is 42.0 Å². The van der Waals surface area contributed by atoms with Gasteiger partial charge in [0.1, 0.15) is 11.5 Å². The Labute approximate surface area is 144 Å². The van der Waals surface area contributed by atoms with Gasteiger partial charge in [0.25, 0.3) is 5.91 Å². The zero-order chi connectivity index (χ0) is 17.5. The lowest BCUT2D eigenvalue weighted by atomic mass is 10.2. The molecule has 0 saturated heterocycles. The minimum absolute atomic E-state index is 0.236. The molecule has 0 fully saturated rings. The molecule has 0 aliphatic rings. The maximum atomic E-state index is 12.1. The van der Waals surface area contributed by atoms with E-state index in [1.807, 2.05) is 12.1 Å². The van der Waals surface area contributed by atoms with Crippen LogP contribution in [0.4, 0.5) is 11.5 Å². The minimum Gasteiger partial charge on any atom is -0.347 e. The van der Waals surface area contributed by atoms with Crippen molar-refractivity contribution >= 4 is 17.4 Å². The van der Waals surface area contributed by atoms with Gasteiger partial charge in [0.15, 0.2) is 0 Å². The van der Waals surface area contributed by atoms with E-state index < -0.39 is 0 Å². The number of pyridine rings is 1. The molecule has 7 heteroatoms. The van der Waals surface area contributed by atoms with Crippen LogP contribution in [0.15, 0.2) is 61.2 Å². The molecule has 0 radical (unpaired) electrons. The van der Waals surface area contributed by atoms with E-state index in [-0.39, 0.29) is 11.6 Å². The summed E-state index contributed by atoms with van der Waals surface area (Å²) in [5.74, 6) is 0.213. The molecule has 0 spiro atoms. The van der Waals surface area contributed by atoms with Crippen LogP contribution in [0.3, 0.4) is 0 Å². The molecule has 1 aromatic carbocycles. The van der Waals surface area contributed by atoms with Gasteiger partial charge in [-0.3, -0.25) is 9.78 Å².